The molecule has 0 unspecified atom stereocenters. The highest BCUT2D eigenvalue weighted by molar-refractivity contribution is 8.00. The van der Waals surface area contributed by atoms with Crippen molar-refractivity contribution < 1.29 is 29.0 Å². The molecule has 0 saturated carbocycles. The Morgan fingerprint density at radius 3 is 2.43 bits per heavy atom. The summed E-state index contributed by atoms with van der Waals surface area (Å²) in [5.41, 5.74) is 0.234. The lowest BCUT2D eigenvalue weighted by Gasteiger charge is -2.18. The average molecular weight is 398 g/mol. The molecule has 2 aromatic rings. The molecule has 7 nitrogen and oxygen atoms in total. The molecule has 8 heteroatoms. The van der Waals surface area contributed by atoms with Crippen LogP contribution in [0.1, 0.15) is 34.1 Å². The maximum atomic E-state index is 12.9. The summed E-state index contributed by atoms with van der Waals surface area (Å²) >= 11 is 0.992. The van der Waals surface area contributed by atoms with Gasteiger partial charge in [0.1, 0.15) is 0 Å². The SMILES string of the molecule is CCOC(=O)c1ccccc1N1C(=O)C[C@H](Sc2ccccc2C(=O)[O-])C1=O. The van der Waals surface area contributed by atoms with E-state index in [1.807, 2.05) is 0 Å². The van der Waals surface area contributed by atoms with Crippen LogP contribution in [0.3, 0.4) is 0 Å². The quantitative estimate of drug-likeness (QED) is 0.538. The number of nitrogens with zero attached hydrogens (tertiary/aromatic N) is 1. The van der Waals surface area contributed by atoms with Gasteiger partial charge >= 0.3 is 5.97 Å². The van der Waals surface area contributed by atoms with Gasteiger partial charge in [-0.25, -0.2) is 9.69 Å². The molecule has 1 heterocycles. The number of carbonyl (C=O) groups is 4. The van der Waals surface area contributed by atoms with Crippen LogP contribution in [0.15, 0.2) is 53.4 Å². The van der Waals surface area contributed by atoms with Crippen molar-refractivity contribution in [3.05, 3.63) is 59.7 Å². The van der Waals surface area contributed by atoms with Crippen LogP contribution in [0.5, 0.6) is 0 Å². The number of carboxylic acid groups (broad SMARTS) is 1. The third-order valence-corrected chi connectivity index (χ3v) is 5.38. The molecule has 2 amide bonds. The summed E-state index contributed by atoms with van der Waals surface area (Å²) in [5, 5.41) is 10.5. The van der Waals surface area contributed by atoms with Crippen LogP contribution in [-0.4, -0.2) is 35.6 Å². The number of rotatable bonds is 6. The van der Waals surface area contributed by atoms with Crippen molar-refractivity contribution in [3.63, 3.8) is 0 Å². The van der Waals surface area contributed by atoms with Crippen molar-refractivity contribution in [2.24, 2.45) is 0 Å². The van der Waals surface area contributed by atoms with E-state index in [2.05, 4.69) is 0 Å². The van der Waals surface area contributed by atoms with Crippen LogP contribution in [0.25, 0.3) is 0 Å². The fraction of sp³-hybridized carbons (Fsp3) is 0.200. The van der Waals surface area contributed by atoms with E-state index in [1.54, 1.807) is 37.3 Å². The zero-order valence-electron chi connectivity index (χ0n) is 14.9. The lowest BCUT2D eigenvalue weighted by molar-refractivity contribution is -0.255. The van der Waals surface area contributed by atoms with Gasteiger partial charge in [0.15, 0.2) is 0 Å². The minimum absolute atomic E-state index is 0.0434. The third kappa shape index (κ3) is 3.77. The number of amides is 2. The molecule has 1 aliphatic rings. The van der Waals surface area contributed by atoms with E-state index in [1.165, 1.54) is 18.2 Å². The van der Waals surface area contributed by atoms with E-state index in [4.69, 9.17) is 4.74 Å². The van der Waals surface area contributed by atoms with E-state index >= 15 is 0 Å². The van der Waals surface area contributed by atoms with Gasteiger partial charge in [0.2, 0.25) is 11.8 Å². The van der Waals surface area contributed by atoms with Crippen molar-refractivity contribution in [3.8, 4) is 0 Å². The van der Waals surface area contributed by atoms with Crippen LogP contribution in [0.4, 0.5) is 5.69 Å². The number of para-hydroxylation sites is 1. The van der Waals surface area contributed by atoms with E-state index in [9.17, 15) is 24.3 Å². The molecule has 1 fully saturated rings. The molecule has 0 radical (unpaired) electrons. The van der Waals surface area contributed by atoms with Crippen molar-refractivity contribution >= 4 is 41.2 Å². The van der Waals surface area contributed by atoms with Gasteiger partial charge in [-0.2, -0.15) is 0 Å². The van der Waals surface area contributed by atoms with Gasteiger partial charge < -0.3 is 14.6 Å². The standard InChI is InChI=1S/C20H17NO6S/c1-2-27-20(26)12-7-3-5-9-14(12)21-17(22)11-16(18(21)23)28-15-10-6-4-8-13(15)19(24)25/h3-10,16H,2,11H2,1H3,(H,24,25)/p-1/t16-/m0/s1. The fourth-order valence-corrected chi connectivity index (χ4v) is 4.06. The number of thioether (sulfide) groups is 1. The molecule has 0 N–H and O–H groups in total. The Hall–Kier alpha value is -3.13. The van der Waals surface area contributed by atoms with Crippen LogP contribution < -0.4 is 10.0 Å². The number of benzene rings is 2. The lowest BCUT2D eigenvalue weighted by atomic mass is 10.1. The smallest absolute Gasteiger partial charge is 0.340 e. The summed E-state index contributed by atoms with van der Waals surface area (Å²) in [5.74, 6) is -2.97. The molecule has 0 spiro atoms. The Balaban J connectivity index is 1.90. The number of ether oxygens (including phenoxy) is 1. The minimum Gasteiger partial charge on any atom is -0.545 e. The number of anilines is 1. The van der Waals surface area contributed by atoms with Gasteiger partial charge in [-0.3, -0.25) is 9.59 Å². The Labute approximate surface area is 165 Å². The van der Waals surface area contributed by atoms with Crippen molar-refractivity contribution in [2.75, 3.05) is 11.5 Å². The van der Waals surface area contributed by atoms with Gasteiger partial charge in [0.05, 0.1) is 29.1 Å². The lowest BCUT2D eigenvalue weighted by Crippen LogP contribution is -2.32. The maximum absolute atomic E-state index is 12.9. The molecule has 1 atom stereocenters. The highest BCUT2D eigenvalue weighted by atomic mass is 32.2. The normalized spacial score (nSPS) is 16.3. The van der Waals surface area contributed by atoms with Crippen LogP contribution in [-0.2, 0) is 14.3 Å². The largest absolute Gasteiger partial charge is 0.545 e. The Bertz CT molecular complexity index is 957. The molecular formula is C20H16NO6S-. The van der Waals surface area contributed by atoms with E-state index in [-0.39, 0.29) is 29.8 Å². The molecular weight excluding hydrogens is 382 g/mol. The summed E-state index contributed by atoms with van der Waals surface area (Å²) in [6.07, 6.45) is -0.109. The highest BCUT2D eigenvalue weighted by Crippen LogP contribution is 2.36. The van der Waals surface area contributed by atoms with Crippen molar-refractivity contribution in [1.82, 2.24) is 0 Å². The summed E-state index contributed by atoms with van der Waals surface area (Å²) < 4.78 is 5.00. The Kier molecular flexibility index (Phi) is 5.79. The van der Waals surface area contributed by atoms with E-state index in [0.29, 0.717) is 4.90 Å². The number of carbonyl (C=O) groups excluding carboxylic acids is 4. The molecule has 1 saturated heterocycles. The topological polar surface area (TPSA) is 104 Å². The second-order valence-electron chi connectivity index (χ2n) is 5.90. The second kappa shape index (κ2) is 8.26. The van der Waals surface area contributed by atoms with Gasteiger partial charge in [-0.1, -0.05) is 30.3 Å². The summed E-state index contributed by atoms with van der Waals surface area (Å²) in [4.78, 5) is 50.2. The summed E-state index contributed by atoms with van der Waals surface area (Å²) in [7, 11) is 0. The van der Waals surface area contributed by atoms with E-state index in [0.717, 1.165) is 16.7 Å². The second-order valence-corrected chi connectivity index (χ2v) is 7.14. The predicted molar refractivity (Wildman–Crippen MR) is 99.9 cm³/mol. The zero-order chi connectivity index (χ0) is 20.3. The summed E-state index contributed by atoms with van der Waals surface area (Å²) in [6, 6.07) is 12.4. The van der Waals surface area contributed by atoms with Gasteiger partial charge in [-0.15, -0.1) is 11.8 Å². The first-order valence-corrected chi connectivity index (χ1v) is 9.42. The zero-order valence-corrected chi connectivity index (χ0v) is 15.7. The molecule has 0 aromatic heterocycles. The molecule has 0 aliphatic carbocycles. The van der Waals surface area contributed by atoms with Gasteiger partial charge in [0.25, 0.3) is 0 Å². The number of esters is 1. The predicted octanol–water partition coefficient (Wildman–Crippen LogP) is 1.65. The molecule has 0 bridgehead atoms. The monoisotopic (exact) mass is 398 g/mol. The third-order valence-electron chi connectivity index (χ3n) is 4.12. The van der Waals surface area contributed by atoms with E-state index < -0.39 is 29.0 Å². The van der Waals surface area contributed by atoms with Crippen molar-refractivity contribution in [2.45, 2.75) is 23.5 Å². The summed E-state index contributed by atoms with van der Waals surface area (Å²) in [6.45, 7) is 1.82. The number of hydrogen-bond acceptors (Lipinski definition) is 7. The molecule has 2 aromatic carbocycles. The first-order valence-electron chi connectivity index (χ1n) is 8.54. The van der Waals surface area contributed by atoms with Crippen LogP contribution in [0, 0.1) is 0 Å². The minimum atomic E-state index is -1.36. The fourth-order valence-electron chi connectivity index (χ4n) is 2.89. The molecule has 144 valence electrons. The molecule has 3 rings (SSSR count). The first kappa shape index (κ1) is 19.6. The number of imide groups is 1. The Morgan fingerprint density at radius 2 is 1.75 bits per heavy atom. The number of hydrogen-bond donors (Lipinski definition) is 0. The highest BCUT2D eigenvalue weighted by Gasteiger charge is 2.41. The van der Waals surface area contributed by atoms with Crippen molar-refractivity contribution in [1.29, 1.82) is 0 Å². The molecule has 1 aliphatic heterocycles. The average Bonchev–Trinajstić information content (AvgIpc) is 2.95. The van der Waals surface area contributed by atoms with Gasteiger partial charge in [-0.05, 0) is 25.1 Å². The van der Waals surface area contributed by atoms with Gasteiger partial charge in [0, 0.05) is 16.9 Å². The van der Waals surface area contributed by atoms with Crippen LogP contribution in [0.2, 0.25) is 0 Å². The number of carboxylic acids is 1. The Morgan fingerprint density at radius 1 is 1.11 bits per heavy atom. The first-order chi connectivity index (χ1) is 13.4. The number of aromatic carboxylic acids is 1. The molecule has 28 heavy (non-hydrogen) atoms. The maximum Gasteiger partial charge on any atom is 0.340 e. The van der Waals surface area contributed by atoms with Crippen LogP contribution >= 0.6 is 11.8 Å².